The number of benzene rings is 8. The number of aliphatic imine (C=N–C) groups is 2. The van der Waals surface area contributed by atoms with Crippen molar-refractivity contribution in [1.82, 2.24) is 0 Å². The Morgan fingerprint density at radius 1 is 0.273 bits per heavy atom. The van der Waals surface area contributed by atoms with Crippen LogP contribution in [0.5, 0.6) is 0 Å². The monoisotopic (exact) mass is 558 g/mol. The second-order valence-corrected chi connectivity index (χ2v) is 11.5. The summed E-state index contributed by atoms with van der Waals surface area (Å²) in [6.07, 6.45) is 0. The molecule has 0 radical (unpaired) electrons. The molecule has 0 saturated carbocycles. The molecule has 204 valence electrons. The first-order chi connectivity index (χ1) is 21.8. The van der Waals surface area contributed by atoms with Crippen LogP contribution in [0.1, 0.15) is 22.3 Å². The third-order valence-corrected chi connectivity index (χ3v) is 8.74. The minimum Gasteiger partial charge on any atom is -0.247 e. The maximum absolute atomic E-state index is 5.39. The van der Waals surface area contributed by atoms with Crippen molar-refractivity contribution < 1.29 is 0 Å². The van der Waals surface area contributed by atoms with Gasteiger partial charge in [0.05, 0.1) is 22.8 Å². The van der Waals surface area contributed by atoms with Gasteiger partial charge in [-0.1, -0.05) is 109 Å². The molecule has 0 unspecified atom stereocenters. The molecule has 44 heavy (non-hydrogen) atoms. The standard InChI is InChI=1S/C42H26N2/c1-3-11-29-23-35-25-33(19-17-31(35)21-27(29)9-1)41-37-13-5-7-15-39(37)44-42(38-14-6-8-16-40(38)43-41)34-20-18-32-22-28-10-2-4-12-30(28)24-36(32)26-34/h1-26H/b41-37?,42-38?,43-40?,43-41-,44-39?,44-42-. The Labute approximate surface area is 255 Å². The predicted molar refractivity (Wildman–Crippen MR) is 186 cm³/mol. The van der Waals surface area contributed by atoms with Crippen LogP contribution in [0, 0.1) is 0 Å². The molecule has 8 aromatic carbocycles. The molecule has 9 rings (SSSR count). The first kappa shape index (κ1) is 24.7. The summed E-state index contributed by atoms with van der Waals surface area (Å²) in [6.45, 7) is 0. The molecule has 1 aliphatic rings. The van der Waals surface area contributed by atoms with Gasteiger partial charge in [0.25, 0.3) is 0 Å². The van der Waals surface area contributed by atoms with E-state index >= 15 is 0 Å². The summed E-state index contributed by atoms with van der Waals surface area (Å²) in [5, 5.41) is 9.81. The van der Waals surface area contributed by atoms with Crippen molar-refractivity contribution in [3.8, 4) is 0 Å². The first-order valence-corrected chi connectivity index (χ1v) is 15.0. The van der Waals surface area contributed by atoms with Gasteiger partial charge in [0.15, 0.2) is 0 Å². The highest BCUT2D eigenvalue weighted by atomic mass is 14.8. The van der Waals surface area contributed by atoms with E-state index in [1.165, 1.54) is 43.1 Å². The number of hydrogen-bond acceptors (Lipinski definition) is 2. The van der Waals surface area contributed by atoms with Crippen LogP contribution >= 0.6 is 0 Å². The van der Waals surface area contributed by atoms with E-state index in [0.29, 0.717) is 0 Å². The fourth-order valence-electron chi connectivity index (χ4n) is 6.52. The number of para-hydroxylation sites is 2. The number of rotatable bonds is 2. The summed E-state index contributed by atoms with van der Waals surface area (Å²) in [5.41, 5.74) is 7.86. The van der Waals surface area contributed by atoms with Crippen molar-refractivity contribution in [2.45, 2.75) is 0 Å². The Bertz CT molecular complexity index is 2320. The third-order valence-electron chi connectivity index (χ3n) is 8.74. The molecule has 0 bridgehead atoms. The van der Waals surface area contributed by atoms with Gasteiger partial charge in [-0.25, -0.2) is 9.98 Å². The molecule has 1 heterocycles. The van der Waals surface area contributed by atoms with Gasteiger partial charge in [-0.2, -0.15) is 0 Å². The van der Waals surface area contributed by atoms with Crippen LogP contribution in [0.2, 0.25) is 0 Å². The van der Waals surface area contributed by atoms with E-state index in [0.717, 1.165) is 45.1 Å². The average Bonchev–Trinajstić information content (AvgIpc) is 3.07. The van der Waals surface area contributed by atoms with Crippen molar-refractivity contribution in [2.75, 3.05) is 0 Å². The second-order valence-electron chi connectivity index (χ2n) is 11.5. The molecule has 2 nitrogen and oxygen atoms in total. The Balaban J connectivity index is 1.24. The van der Waals surface area contributed by atoms with E-state index in [2.05, 4.69) is 158 Å². The Hall–Kier alpha value is -5.86. The van der Waals surface area contributed by atoms with Crippen LogP contribution < -0.4 is 0 Å². The fraction of sp³-hybridized carbons (Fsp3) is 0. The van der Waals surface area contributed by atoms with Crippen LogP contribution in [-0.2, 0) is 0 Å². The lowest BCUT2D eigenvalue weighted by Crippen LogP contribution is -2.10. The highest BCUT2D eigenvalue weighted by molar-refractivity contribution is 6.23. The van der Waals surface area contributed by atoms with Crippen LogP contribution in [0.3, 0.4) is 0 Å². The van der Waals surface area contributed by atoms with E-state index in [1.54, 1.807) is 0 Å². The molecule has 0 saturated heterocycles. The van der Waals surface area contributed by atoms with E-state index in [1.807, 2.05) is 0 Å². The molecule has 1 aliphatic heterocycles. The largest absolute Gasteiger partial charge is 0.247 e. The molecule has 0 spiro atoms. The van der Waals surface area contributed by atoms with Gasteiger partial charge in [-0.3, -0.25) is 0 Å². The van der Waals surface area contributed by atoms with Gasteiger partial charge in [-0.15, -0.1) is 0 Å². The molecule has 0 N–H and O–H groups in total. The van der Waals surface area contributed by atoms with Gasteiger partial charge in [0.1, 0.15) is 0 Å². The minimum atomic E-state index is 0.910. The molecule has 0 aromatic heterocycles. The summed E-state index contributed by atoms with van der Waals surface area (Å²) in [7, 11) is 0. The van der Waals surface area contributed by atoms with E-state index in [9.17, 15) is 0 Å². The molecule has 8 aromatic rings. The number of hydrogen-bond donors (Lipinski definition) is 0. The fourth-order valence-corrected chi connectivity index (χ4v) is 6.52. The molecule has 0 amide bonds. The van der Waals surface area contributed by atoms with Gasteiger partial charge in [0.2, 0.25) is 0 Å². The van der Waals surface area contributed by atoms with Crippen LogP contribution in [0.15, 0.2) is 168 Å². The summed E-state index contributed by atoms with van der Waals surface area (Å²) < 4.78 is 0. The summed E-state index contributed by atoms with van der Waals surface area (Å²) in [4.78, 5) is 10.8. The van der Waals surface area contributed by atoms with Crippen LogP contribution in [-0.4, -0.2) is 11.4 Å². The summed E-state index contributed by atoms with van der Waals surface area (Å²) in [5.74, 6) is 0. The molecule has 0 aliphatic carbocycles. The van der Waals surface area contributed by atoms with E-state index in [-0.39, 0.29) is 0 Å². The van der Waals surface area contributed by atoms with Crippen molar-refractivity contribution >= 4 is 65.9 Å². The van der Waals surface area contributed by atoms with Gasteiger partial charge < -0.3 is 0 Å². The van der Waals surface area contributed by atoms with Crippen molar-refractivity contribution in [3.05, 3.63) is 180 Å². The zero-order valence-electron chi connectivity index (χ0n) is 23.9. The smallest absolute Gasteiger partial charge is 0.0803 e. The molecular weight excluding hydrogens is 532 g/mol. The van der Waals surface area contributed by atoms with Gasteiger partial charge in [0, 0.05) is 22.3 Å². The number of nitrogens with zero attached hydrogens (tertiary/aromatic N) is 2. The zero-order chi connectivity index (χ0) is 29.0. The predicted octanol–water partition coefficient (Wildman–Crippen LogP) is 11.0. The maximum Gasteiger partial charge on any atom is 0.0803 e. The van der Waals surface area contributed by atoms with Crippen molar-refractivity contribution in [1.29, 1.82) is 0 Å². The summed E-state index contributed by atoms with van der Waals surface area (Å²) in [6, 6.07) is 56.2. The van der Waals surface area contributed by atoms with Gasteiger partial charge >= 0.3 is 0 Å². The van der Waals surface area contributed by atoms with Gasteiger partial charge in [-0.05, 0) is 91.6 Å². The highest BCUT2D eigenvalue weighted by Gasteiger charge is 2.20. The molecule has 0 atom stereocenters. The first-order valence-electron chi connectivity index (χ1n) is 15.0. The summed E-state index contributed by atoms with van der Waals surface area (Å²) >= 11 is 0. The topological polar surface area (TPSA) is 24.7 Å². The van der Waals surface area contributed by atoms with Crippen molar-refractivity contribution in [2.24, 2.45) is 9.98 Å². The van der Waals surface area contributed by atoms with E-state index in [4.69, 9.17) is 9.98 Å². The lowest BCUT2D eigenvalue weighted by molar-refractivity contribution is 1.39. The Morgan fingerprint density at radius 2 is 0.614 bits per heavy atom. The molecular formula is C42H26N2. The molecule has 0 fully saturated rings. The minimum absolute atomic E-state index is 0.910. The lowest BCUT2D eigenvalue weighted by atomic mass is 9.93. The SMILES string of the molecule is c1ccc2c(c1)/N=C(/c1ccc3cc4ccccc4cc3c1)c1ccccc1/N=C\2c1ccc2cc3ccccc3cc2c1. The molecule has 2 heteroatoms. The average molecular weight is 559 g/mol. The number of fused-ring (bicyclic) bond motifs is 6. The zero-order valence-corrected chi connectivity index (χ0v) is 23.9. The van der Waals surface area contributed by atoms with Crippen molar-refractivity contribution in [3.63, 3.8) is 0 Å². The second kappa shape index (κ2) is 9.86. The highest BCUT2D eigenvalue weighted by Crippen LogP contribution is 2.35. The Morgan fingerprint density at radius 3 is 1.05 bits per heavy atom. The lowest BCUT2D eigenvalue weighted by Gasteiger charge is -2.18. The maximum atomic E-state index is 5.39. The van der Waals surface area contributed by atoms with Crippen LogP contribution in [0.25, 0.3) is 43.1 Å². The normalized spacial score (nSPS) is 15.2. The van der Waals surface area contributed by atoms with E-state index < -0.39 is 0 Å². The third kappa shape index (κ3) is 4.11. The van der Waals surface area contributed by atoms with Crippen LogP contribution in [0.4, 0.5) is 11.4 Å². The quantitative estimate of drug-likeness (QED) is 0.189. The Kier molecular flexibility index (Phi) is 5.54.